The van der Waals surface area contributed by atoms with E-state index in [0.29, 0.717) is 28.6 Å². The normalized spacial score (nSPS) is 10.5. The molecule has 0 aliphatic carbocycles. The molecule has 148 valence electrons. The maximum atomic E-state index is 12.5. The number of benzene rings is 2. The Morgan fingerprint density at radius 3 is 2.48 bits per heavy atom. The van der Waals surface area contributed by atoms with E-state index in [9.17, 15) is 19.2 Å². The van der Waals surface area contributed by atoms with Gasteiger partial charge in [0.2, 0.25) is 5.91 Å². The van der Waals surface area contributed by atoms with Gasteiger partial charge in [-0.3, -0.25) is 24.3 Å². The number of hydrogen-bond acceptors (Lipinski definition) is 4. The molecule has 0 aliphatic rings. The molecule has 0 atom stereocenters. The van der Waals surface area contributed by atoms with Crippen molar-refractivity contribution in [1.29, 1.82) is 0 Å². The van der Waals surface area contributed by atoms with E-state index in [4.69, 9.17) is 0 Å². The highest BCUT2D eigenvalue weighted by atomic mass is 16.2. The molecule has 2 amide bonds. The van der Waals surface area contributed by atoms with Crippen LogP contribution in [0.4, 0.5) is 5.69 Å². The summed E-state index contributed by atoms with van der Waals surface area (Å²) < 4.78 is 1.12. The summed E-state index contributed by atoms with van der Waals surface area (Å²) in [6.45, 7) is 3.85. The number of amides is 2. The fourth-order valence-corrected chi connectivity index (χ4v) is 2.88. The largest absolute Gasteiger partial charge is 0.349 e. The summed E-state index contributed by atoms with van der Waals surface area (Å²) in [5.74, 6) is -0.731. The smallest absolute Gasteiger partial charge is 0.273 e. The van der Waals surface area contributed by atoms with E-state index in [2.05, 4.69) is 22.3 Å². The lowest BCUT2D eigenvalue weighted by Gasteiger charge is -2.11. The maximum Gasteiger partial charge on any atom is 0.273 e. The van der Waals surface area contributed by atoms with Crippen LogP contribution in [-0.4, -0.2) is 28.1 Å². The van der Waals surface area contributed by atoms with Crippen LogP contribution in [0.5, 0.6) is 0 Å². The fraction of sp³-hybridized carbons (Fsp3) is 0.143. The van der Waals surface area contributed by atoms with Crippen molar-refractivity contribution in [2.24, 2.45) is 0 Å². The Morgan fingerprint density at radius 1 is 1.03 bits per heavy atom. The Hall–Kier alpha value is -3.94. The molecule has 0 spiro atoms. The third-order valence-corrected chi connectivity index (χ3v) is 4.30. The molecule has 8 nitrogen and oxygen atoms in total. The first-order valence-corrected chi connectivity index (χ1v) is 9.01. The van der Waals surface area contributed by atoms with Gasteiger partial charge >= 0.3 is 0 Å². The summed E-state index contributed by atoms with van der Waals surface area (Å²) in [6, 6.07) is 13.1. The zero-order valence-electron chi connectivity index (χ0n) is 15.6. The van der Waals surface area contributed by atoms with E-state index < -0.39 is 11.5 Å². The van der Waals surface area contributed by atoms with Gasteiger partial charge in [0.25, 0.3) is 17.0 Å². The number of anilines is 1. The van der Waals surface area contributed by atoms with Gasteiger partial charge in [0.05, 0.1) is 28.6 Å². The van der Waals surface area contributed by atoms with Crippen LogP contribution in [0.3, 0.4) is 0 Å². The topological polar surface area (TPSA) is 113 Å². The van der Waals surface area contributed by atoms with Crippen molar-refractivity contribution in [3.8, 4) is 0 Å². The molecule has 0 aliphatic heterocycles. The molecule has 3 aromatic rings. The standard InChI is InChI=1S/C21H20N4O4/c1-2-12-22-19(27)16-9-5-6-10-17(16)23-18(26)11-13-25-21(29)15-8-4-3-7-14(15)20(28)24-25/h2-10H,1,11-13H2,(H,22,27)(H,23,26)(H,24,28). The average molecular weight is 392 g/mol. The molecular weight excluding hydrogens is 372 g/mol. The van der Waals surface area contributed by atoms with E-state index >= 15 is 0 Å². The van der Waals surface area contributed by atoms with Crippen LogP contribution in [0.15, 0.2) is 70.8 Å². The van der Waals surface area contributed by atoms with Crippen molar-refractivity contribution >= 4 is 28.3 Å². The van der Waals surface area contributed by atoms with Gasteiger partial charge in [-0.25, -0.2) is 4.68 Å². The molecule has 3 N–H and O–H groups in total. The zero-order valence-corrected chi connectivity index (χ0v) is 15.6. The third-order valence-electron chi connectivity index (χ3n) is 4.30. The summed E-state index contributed by atoms with van der Waals surface area (Å²) in [7, 11) is 0. The van der Waals surface area contributed by atoms with Gasteiger partial charge < -0.3 is 10.6 Å². The molecule has 0 unspecified atom stereocenters. The zero-order chi connectivity index (χ0) is 20.8. The van der Waals surface area contributed by atoms with Crippen LogP contribution in [0.25, 0.3) is 10.8 Å². The van der Waals surface area contributed by atoms with Crippen LogP contribution < -0.4 is 21.8 Å². The van der Waals surface area contributed by atoms with Crippen molar-refractivity contribution < 1.29 is 9.59 Å². The van der Waals surface area contributed by atoms with E-state index in [0.717, 1.165) is 4.68 Å². The molecular formula is C21H20N4O4. The summed E-state index contributed by atoms with van der Waals surface area (Å²) in [5.41, 5.74) is -0.0977. The highest BCUT2D eigenvalue weighted by Crippen LogP contribution is 2.15. The quantitative estimate of drug-likeness (QED) is 0.531. The van der Waals surface area contributed by atoms with Gasteiger partial charge in [-0.1, -0.05) is 30.3 Å². The number of fused-ring (bicyclic) bond motifs is 1. The Labute approximate surface area is 165 Å². The predicted molar refractivity (Wildman–Crippen MR) is 111 cm³/mol. The van der Waals surface area contributed by atoms with E-state index in [-0.39, 0.29) is 24.4 Å². The lowest BCUT2D eigenvalue weighted by molar-refractivity contribution is -0.116. The lowest BCUT2D eigenvalue weighted by atomic mass is 10.1. The molecule has 8 heteroatoms. The predicted octanol–water partition coefficient (Wildman–Crippen LogP) is 1.63. The van der Waals surface area contributed by atoms with Crippen molar-refractivity contribution in [2.75, 3.05) is 11.9 Å². The minimum absolute atomic E-state index is 0.00440. The number of carbonyl (C=O) groups is 2. The summed E-state index contributed by atoms with van der Waals surface area (Å²) in [6.07, 6.45) is 1.50. The molecule has 0 saturated heterocycles. The van der Waals surface area contributed by atoms with Crippen LogP contribution in [0.2, 0.25) is 0 Å². The monoisotopic (exact) mass is 392 g/mol. The van der Waals surface area contributed by atoms with Gasteiger partial charge in [-0.05, 0) is 24.3 Å². The van der Waals surface area contributed by atoms with E-state index in [1.165, 1.54) is 0 Å². The van der Waals surface area contributed by atoms with Gasteiger partial charge in [-0.2, -0.15) is 0 Å². The number of aryl methyl sites for hydroxylation is 1. The number of H-pyrrole nitrogens is 1. The number of hydrogen-bond donors (Lipinski definition) is 3. The van der Waals surface area contributed by atoms with Crippen molar-refractivity contribution in [3.05, 3.63) is 87.5 Å². The number of nitrogens with zero attached hydrogens (tertiary/aromatic N) is 1. The van der Waals surface area contributed by atoms with Crippen LogP contribution in [0, 0.1) is 0 Å². The van der Waals surface area contributed by atoms with E-state index in [1.807, 2.05) is 0 Å². The second-order valence-electron chi connectivity index (χ2n) is 6.29. The number of aromatic nitrogens is 2. The first-order valence-electron chi connectivity index (χ1n) is 9.01. The fourth-order valence-electron chi connectivity index (χ4n) is 2.88. The molecule has 0 radical (unpaired) electrons. The van der Waals surface area contributed by atoms with Gasteiger partial charge in [-0.15, -0.1) is 6.58 Å². The van der Waals surface area contributed by atoms with Gasteiger partial charge in [0.15, 0.2) is 0 Å². The first-order chi connectivity index (χ1) is 14.0. The Bertz CT molecular complexity index is 1190. The van der Waals surface area contributed by atoms with Gasteiger partial charge in [0, 0.05) is 13.0 Å². The summed E-state index contributed by atoms with van der Waals surface area (Å²) >= 11 is 0. The SMILES string of the molecule is C=CCNC(=O)c1ccccc1NC(=O)CCn1[nH]c(=O)c2ccccc2c1=O. The lowest BCUT2D eigenvalue weighted by Crippen LogP contribution is -2.31. The number of nitrogens with one attached hydrogen (secondary N) is 3. The maximum absolute atomic E-state index is 12.5. The Morgan fingerprint density at radius 2 is 1.72 bits per heavy atom. The van der Waals surface area contributed by atoms with E-state index in [1.54, 1.807) is 54.6 Å². The molecule has 1 heterocycles. The summed E-state index contributed by atoms with van der Waals surface area (Å²) in [4.78, 5) is 49.2. The minimum atomic E-state index is -0.398. The van der Waals surface area contributed by atoms with Crippen LogP contribution >= 0.6 is 0 Å². The van der Waals surface area contributed by atoms with Crippen molar-refractivity contribution in [3.63, 3.8) is 0 Å². The number of aromatic amines is 1. The highest BCUT2D eigenvalue weighted by Gasteiger charge is 2.13. The second kappa shape index (κ2) is 8.83. The molecule has 3 rings (SSSR count). The van der Waals surface area contributed by atoms with Crippen LogP contribution in [0.1, 0.15) is 16.8 Å². The van der Waals surface area contributed by atoms with Gasteiger partial charge in [0.1, 0.15) is 0 Å². The highest BCUT2D eigenvalue weighted by molar-refractivity contribution is 6.03. The minimum Gasteiger partial charge on any atom is -0.349 e. The first kappa shape index (κ1) is 19.8. The second-order valence-corrected chi connectivity index (χ2v) is 6.29. The molecule has 29 heavy (non-hydrogen) atoms. The number of para-hydroxylation sites is 1. The Kier molecular flexibility index (Phi) is 6.03. The Balaban J connectivity index is 1.73. The molecule has 0 bridgehead atoms. The molecule has 0 fully saturated rings. The van der Waals surface area contributed by atoms with Crippen LogP contribution in [-0.2, 0) is 11.3 Å². The molecule has 0 saturated carbocycles. The van der Waals surface area contributed by atoms with Crippen molar-refractivity contribution in [2.45, 2.75) is 13.0 Å². The average Bonchev–Trinajstić information content (AvgIpc) is 2.74. The number of rotatable bonds is 7. The number of carbonyl (C=O) groups excluding carboxylic acids is 2. The third kappa shape index (κ3) is 4.49. The van der Waals surface area contributed by atoms with Crippen molar-refractivity contribution in [1.82, 2.24) is 15.1 Å². The molecule has 1 aromatic heterocycles. The molecule has 2 aromatic carbocycles. The summed E-state index contributed by atoms with van der Waals surface area (Å²) in [5, 5.41) is 8.42.